The van der Waals surface area contributed by atoms with Gasteiger partial charge in [-0.2, -0.15) is 0 Å². The smallest absolute Gasteiger partial charge is 0.411 e. The van der Waals surface area contributed by atoms with Gasteiger partial charge in [-0.15, -0.1) is 0 Å². The van der Waals surface area contributed by atoms with Crippen molar-refractivity contribution in [3.63, 3.8) is 0 Å². The molecule has 1 aliphatic heterocycles. The van der Waals surface area contributed by atoms with E-state index in [9.17, 15) is 4.79 Å². The van der Waals surface area contributed by atoms with Gasteiger partial charge in [-0.1, -0.05) is 42.5 Å². The van der Waals surface area contributed by atoms with Gasteiger partial charge >= 0.3 is 6.09 Å². The lowest BCUT2D eigenvalue weighted by Crippen LogP contribution is -2.33. The van der Waals surface area contributed by atoms with Gasteiger partial charge in [0, 0.05) is 22.9 Å². The lowest BCUT2D eigenvalue weighted by atomic mass is 9.84. The molecule has 1 amide bonds. The van der Waals surface area contributed by atoms with Crippen molar-refractivity contribution in [1.29, 1.82) is 0 Å². The minimum Gasteiger partial charge on any atom is -0.453 e. The third kappa shape index (κ3) is 4.17. The highest BCUT2D eigenvalue weighted by Crippen LogP contribution is 2.37. The van der Waals surface area contributed by atoms with Crippen LogP contribution >= 0.6 is 0 Å². The molecule has 1 saturated heterocycles. The molecule has 1 aliphatic rings. The topological polar surface area (TPSA) is 79.0 Å². The van der Waals surface area contributed by atoms with Crippen molar-refractivity contribution in [1.82, 2.24) is 15.3 Å². The molecule has 0 bridgehead atoms. The molecule has 1 aromatic heterocycles. The third-order valence-corrected chi connectivity index (χ3v) is 5.47. The van der Waals surface area contributed by atoms with Crippen LogP contribution in [0, 0.1) is 6.92 Å². The molecule has 2 aromatic carbocycles. The average Bonchev–Trinajstić information content (AvgIpc) is 3.16. The number of imidazole rings is 1. The Hall–Kier alpha value is -3.12. The number of H-pyrrole nitrogens is 1. The molecule has 3 aromatic rings. The van der Waals surface area contributed by atoms with Crippen LogP contribution in [0.15, 0.2) is 54.6 Å². The number of amides is 1. The molecule has 3 N–H and O–H groups in total. The van der Waals surface area contributed by atoms with E-state index in [2.05, 4.69) is 50.7 Å². The Morgan fingerprint density at radius 1 is 1.14 bits per heavy atom. The van der Waals surface area contributed by atoms with Crippen LogP contribution in [0.4, 0.5) is 10.5 Å². The summed E-state index contributed by atoms with van der Waals surface area (Å²) in [6.07, 6.45) is 1.83. The molecule has 0 unspecified atom stereocenters. The largest absolute Gasteiger partial charge is 0.453 e. The van der Waals surface area contributed by atoms with E-state index in [1.165, 1.54) is 12.7 Å². The van der Waals surface area contributed by atoms with Crippen LogP contribution in [-0.2, 0) is 4.74 Å². The van der Waals surface area contributed by atoms with E-state index < -0.39 is 6.09 Å². The second kappa shape index (κ2) is 8.49. The number of nitrogens with zero attached hydrogens (tertiary/aromatic N) is 1. The Labute approximate surface area is 170 Å². The van der Waals surface area contributed by atoms with Gasteiger partial charge in [0.2, 0.25) is 0 Å². The standard InChI is InChI=1S/C23H26N4O2/c1-15-20(17-10-12-18(13-11-17)26-23(28)29-2)27-22(25-15)21-19(9-6-14-24-21)16-7-4-3-5-8-16/h3-5,7-8,10-13,19,21,24H,6,9,14H2,1-2H3,(H,25,27)(H,26,28)/t19-,21-/m0/s1. The first-order valence-electron chi connectivity index (χ1n) is 9.96. The Balaban J connectivity index is 1.59. The van der Waals surface area contributed by atoms with E-state index in [0.717, 1.165) is 42.2 Å². The zero-order chi connectivity index (χ0) is 20.2. The van der Waals surface area contributed by atoms with Crippen molar-refractivity contribution in [2.24, 2.45) is 0 Å². The molecule has 0 spiro atoms. The average molecular weight is 390 g/mol. The van der Waals surface area contributed by atoms with E-state index in [0.29, 0.717) is 11.6 Å². The van der Waals surface area contributed by atoms with Gasteiger partial charge in [0.25, 0.3) is 0 Å². The van der Waals surface area contributed by atoms with Gasteiger partial charge in [0.05, 0.1) is 18.8 Å². The van der Waals surface area contributed by atoms with Gasteiger partial charge in [0.1, 0.15) is 5.82 Å². The molecule has 4 rings (SSSR count). The van der Waals surface area contributed by atoms with Crippen molar-refractivity contribution >= 4 is 11.8 Å². The summed E-state index contributed by atoms with van der Waals surface area (Å²) >= 11 is 0. The fourth-order valence-electron chi connectivity index (χ4n) is 4.03. The number of aromatic amines is 1. The van der Waals surface area contributed by atoms with E-state index >= 15 is 0 Å². The number of piperidine rings is 1. The van der Waals surface area contributed by atoms with Gasteiger partial charge in [-0.05, 0) is 44.0 Å². The normalized spacial score (nSPS) is 19.0. The fourth-order valence-corrected chi connectivity index (χ4v) is 4.03. The minimum absolute atomic E-state index is 0.166. The molecular formula is C23H26N4O2. The monoisotopic (exact) mass is 390 g/mol. The Morgan fingerprint density at radius 2 is 1.90 bits per heavy atom. The molecule has 2 heterocycles. The quantitative estimate of drug-likeness (QED) is 0.599. The van der Waals surface area contributed by atoms with E-state index in [4.69, 9.17) is 4.98 Å². The number of ether oxygens (including phenoxy) is 1. The minimum atomic E-state index is -0.480. The van der Waals surface area contributed by atoms with Gasteiger partial charge in [-0.25, -0.2) is 9.78 Å². The van der Waals surface area contributed by atoms with Crippen LogP contribution in [0.1, 0.15) is 41.9 Å². The van der Waals surface area contributed by atoms with Crippen molar-refractivity contribution in [2.75, 3.05) is 19.0 Å². The van der Waals surface area contributed by atoms with E-state index in [1.54, 1.807) is 0 Å². The number of hydrogen-bond acceptors (Lipinski definition) is 4. The second-order valence-corrected chi connectivity index (χ2v) is 7.38. The van der Waals surface area contributed by atoms with Gasteiger partial charge in [-0.3, -0.25) is 5.32 Å². The van der Waals surface area contributed by atoms with Gasteiger partial charge < -0.3 is 15.0 Å². The SMILES string of the molecule is COC(=O)Nc1ccc(-c2nc([C@H]3NCCC[C@H]3c3ccccc3)[nH]c2C)cc1. The van der Waals surface area contributed by atoms with Crippen LogP contribution in [0.2, 0.25) is 0 Å². The Bertz CT molecular complexity index is 966. The number of aryl methyl sites for hydroxylation is 1. The highest BCUT2D eigenvalue weighted by molar-refractivity contribution is 5.84. The van der Waals surface area contributed by atoms with Crippen LogP contribution in [0.5, 0.6) is 0 Å². The number of carbonyl (C=O) groups excluding carboxylic acids is 1. The summed E-state index contributed by atoms with van der Waals surface area (Å²) in [5.41, 5.74) is 5.01. The molecule has 150 valence electrons. The van der Waals surface area contributed by atoms with Crippen molar-refractivity contribution in [2.45, 2.75) is 31.7 Å². The summed E-state index contributed by atoms with van der Waals surface area (Å²) in [5, 5.41) is 6.32. The summed E-state index contributed by atoms with van der Waals surface area (Å²) < 4.78 is 4.63. The maximum atomic E-state index is 11.4. The summed E-state index contributed by atoms with van der Waals surface area (Å²) in [6.45, 7) is 3.05. The van der Waals surface area contributed by atoms with E-state index in [-0.39, 0.29) is 6.04 Å². The molecule has 0 radical (unpaired) electrons. The van der Waals surface area contributed by atoms with Crippen LogP contribution < -0.4 is 10.6 Å². The first-order valence-corrected chi connectivity index (χ1v) is 9.96. The van der Waals surface area contributed by atoms with Crippen molar-refractivity contribution < 1.29 is 9.53 Å². The predicted molar refractivity (Wildman–Crippen MR) is 114 cm³/mol. The maximum absolute atomic E-state index is 11.4. The first-order chi connectivity index (χ1) is 14.2. The number of nitrogens with one attached hydrogen (secondary N) is 3. The highest BCUT2D eigenvalue weighted by Gasteiger charge is 2.30. The second-order valence-electron chi connectivity index (χ2n) is 7.38. The molecule has 6 heteroatoms. The van der Waals surface area contributed by atoms with Crippen LogP contribution in [0.25, 0.3) is 11.3 Å². The number of aromatic nitrogens is 2. The third-order valence-electron chi connectivity index (χ3n) is 5.47. The number of benzene rings is 2. The lowest BCUT2D eigenvalue weighted by Gasteiger charge is -2.31. The summed E-state index contributed by atoms with van der Waals surface area (Å²) in [7, 11) is 1.35. The first kappa shape index (κ1) is 19.2. The molecule has 1 fully saturated rings. The zero-order valence-electron chi connectivity index (χ0n) is 16.7. The number of hydrogen-bond donors (Lipinski definition) is 3. The summed E-state index contributed by atoms with van der Waals surface area (Å²) in [4.78, 5) is 19.8. The molecule has 0 saturated carbocycles. The number of anilines is 1. The maximum Gasteiger partial charge on any atom is 0.411 e. The van der Waals surface area contributed by atoms with E-state index in [1.807, 2.05) is 31.2 Å². The molecule has 2 atom stereocenters. The molecule has 6 nitrogen and oxygen atoms in total. The fraction of sp³-hybridized carbons (Fsp3) is 0.304. The Kier molecular flexibility index (Phi) is 5.62. The number of methoxy groups -OCH3 is 1. The predicted octanol–water partition coefficient (Wildman–Crippen LogP) is 4.77. The molecular weight excluding hydrogens is 364 g/mol. The molecule has 0 aliphatic carbocycles. The number of carbonyl (C=O) groups is 1. The zero-order valence-corrected chi connectivity index (χ0v) is 16.7. The Morgan fingerprint density at radius 3 is 2.62 bits per heavy atom. The summed E-state index contributed by atoms with van der Waals surface area (Å²) in [5.74, 6) is 1.37. The summed E-state index contributed by atoms with van der Waals surface area (Å²) in [6, 6.07) is 18.5. The van der Waals surface area contributed by atoms with Gasteiger partial charge in [0.15, 0.2) is 0 Å². The lowest BCUT2D eigenvalue weighted by molar-refractivity contribution is 0.187. The molecule has 29 heavy (non-hydrogen) atoms. The van der Waals surface area contributed by atoms with Crippen LogP contribution in [0.3, 0.4) is 0 Å². The number of rotatable bonds is 4. The highest BCUT2D eigenvalue weighted by atomic mass is 16.5. The van der Waals surface area contributed by atoms with Crippen molar-refractivity contribution in [3.05, 3.63) is 71.7 Å². The van der Waals surface area contributed by atoms with Crippen LogP contribution in [-0.4, -0.2) is 29.7 Å². The van der Waals surface area contributed by atoms with Crippen molar-refractivity contribution in [3.8, 4) is 11.3 Å².